The molecular formula is C29H28N2. The van der Waals surface area contributed by atoms with Crippen LogP contribution in [0.15, 0.2) is 84.9 Å². The molecule has 0 amide bonds. The third kappa shape index (κ3) is 2.71. The third-order valence-electron chi connectivity index (χ3n) is 6.77. The van der Waals surface area contributed by atoms with Crippen LogP contribution in [-0.2, 0) is 5.41 Å². The molecule has 0 fully saturated rings. The summed E-state index contributed by atoms with van der Waals surface area (Å²) >= 11 is 0. The van der Waals surface area contributed by atoms with Crippen molar-refractivity contribution in [3.05, 3.63) is 118 Å². The van der Waals surface area contributed by atoms with Crippen molar-refractivity contribution in [2.45, 2.75) is 19.3 Å². The summed E-state index contributed by atoms with van der Waals surface area (Å²) in [6.07, 6.45) is 0. The van der Waals surface area contributed by atoms with Crippen LogP contribution in [-0.4, -0.2) is 14.1 Å². The van der Waals surface area contributed by atoms with Crippen LogP contribution in [0.2, 0.25) is 0 Å². The van der Waals surface area contributed by atoms with Crippen molar-refractivity contribution in [1.82, 2.24) is 0 Å². The Morgan fingerprint density at radius 2 is 1.10 bits per heavy atom. The summed E-state index contributed by atoms with van der Waals surface area (Å²) in [7, 11) is 3.97. The number of fused-ring (bicyclic) bond motifs is 3. The summed E-state index contributed by atoms with van der Waals surface area (Å²) in [6, 6.07) is 31.4. The highest BCUT2D eigenvalue weighted by molar-refractivity contribution is 5.86. The Morgan fingerprint density at radius 3 is 1.58 bits per heavy atom. The maximum Gasteiger partial charge on any atom is 0.0713 e. The average molecular weight is 405 g/mol. The van der Waals surface area contributed by atoms with E-state index in [-0.39, 0.29) is 5.41 Å². The number of hydrogen-bond donors (Lipinski definition) is 2. The van der Waals surface area contributed by atoms with Gasteiger partial charge in [0.25, 0.3) is 0 Å². The van der Waals surface area contributed by atoms with Crippen LogP contribution in [0.5, 0.6) is 0 Å². The highest BCUT2D eigenvalue weighted by Crippen LogP contribution is 2.56. The third-order valence-corrected chi connectivity index (χ3v) is 6.77. The molecule has 0 saturated carbocycles. The molecule has 0 aliphatic heterocycles. The first kappa shape index (κ1) is 19.4. The summed E-state index contributed by atoms with van der Waals surface area (Å²) in [5.74, 6) is 0. The van der Waals surface area contributed by atoms with Gasteiger partial charge in [-0.05, 0) is 70.5 Å². The van der Waals surface area contributed by atoms with Gasteiger partial charge < -0.3 is 10.6 Å². The lowest BCUT2D eigenvalue weighted by molar-refractivity contribution is 0.766. The van der Waals surface area contributed by atoms with Crippen molar-refractivity contribution in [1.29, 1.82) is 0 Å². The van der Waals surface area contributed by atoms with Gasteiger partial charge in [0.2, 0.25) is 0 Å². The van der Waals surface area contributed by atoms with E-state index in [2.05, 4.69) is 109 Å². The second kappa shape index (κ2) is 7.31. The molecule has 1 aliphatic carbocycles. The monoisotopic (exact) mass is 404 g/mol. The molecule has 154 valence electrons. The molecule has 5 rings (SSSR count). The summed E-state index contributed by atoms with van der Waals surface area (Å²) < 4.78 is 0. The summed E-state index contributed by atoms with van der Waals surface area (Å²) in [6.45, 7) is 4.40. The quantitative estimate of drug-likeness (QED) is 0.346. The van der Waals surface area contributed by atoms with E-state index >= 15 is 0 Å². The van der Waals surface area contributed by atoms with Gasteiger partial charge in [-0.2, -0.15) is 0 Å². The zero-order valence-electron chi connectivity index (χ0n) is 18.6. The first-order chi connectivity index (χ1) is 15.1. The Morgan fingerprint density at radius 1 is 0.581 bits per heavy atom. The van der Waals surface area contributed by atoms with Gasteiger partial charge in [-0.25, -0.2) is 0 Å². The molecular weight excluding hydrogens is 376 g/mol. The fourth-order valence-electron chi connectivity index (χ4n) is 5.48. The number of benzene rings is 4. The number of nitrogens with one attached hydrogen (secondary N) is 2. The lowest BCUT2D eigenvalue weighted by Gasteiger charge is -2.35. The van der Waals surface area contributed by atoms with Crippen molar-refractivity contribution in [3.8, 4) is 11.1 Å². The van der Waals surface area contributed by atoms with E-state index in [1.54, 1.807) is 0 Å². The molecule has 2 N–H and O–H groups in total. The van der Waals surface area contributed by atoms with Gasteiger partial charge in [0.05, 0.1) is 5.41 Å². The lowest BCUT2D eigenvalue weighted by Crippen LogP contribution is -2.29. The van der Waals surface area contributed by atoms with Crippen LogP contribution in [0, 0.1) is 13.8 Å². The molecule has 0 bridgehead atoms. The van der Waals surface area contributed by atoms with E-state index < -0.39 is 0 Å². The molecule has 2 nitrogen and oxygen atoms in total. The number of anilines is 2. The van der Waals surface area contributed by atoms with E-state index in [0.29, 0.717) is 0 Å². The van der Waals surface area contributed by atoms with Crippen molar-refractivity contribution < 1.29 is 0 Å². The average Bonchev–Trinajstić information content (AvgIpc) is 3.10. The first-order valence-electron chi connectivity index (χ1n) is 10.9. The second-order valence-corrected chi connectivity index (χ2v) is 8.40. The number of rotatable bonds is 4. The van der Waals surface area contributed by atoms with E-state index in [1.165, 1.54) is 50.2 Å². The van der Waals surface area contributed by atoms with Crippen LogP contribution >= 0.6 is 0 Å². The molecule has 0 radical (unpaired) electrons. The first-order valence-corrected chi connectivity index (χ1v) is 10.9. The molecule has 1 aliphatic rings. The molecule has 0 atom stereocenters. The largest absolute Gasteiger partial charge is 0.388 e. The van der Waals surface area contributed by atoms with Crippen molar-refractivity contribution in [3.63, 3.8) is 0 Å². The molecule has 0 aromatic heterocycles. The van der Waals surface area contributed by atoms with Gasteiger partial charge in [0.1, 0.15) is 0 Å². The summed E-state index contributed by atoms with van der Waals surface area (Å²) in [5, 5.41) is 6.64. The molecule has 0 unspecified atom stereocenters. The fraction of sp³-hybridized carbons (Fsp3) is 0.172. The second-order valence-electron chi connectivity index (χ2n) is 8.40. The molecule has 0 spiro atoms. The van der Waals surface area contributed by atoms with Crippen LogP contribution in [0.25, 0.3) is 11.1 Å². The standard InChI is InChI=1S/C29H28N2/c1-19-17-22(18-20(2)28(19)31-4)29(21-13-15-23(30-3)16-14-21)26-11-7-5-9-24(26)25-10-6-8-12-27(25)29/h5-18,30-31H,1-4H3. The van der Waals surface area contributed by atoms with Crippen LogP contribution < -0.4 is 10.6 Å². The maximum atomic E-state index is 3.38. The Kier molecular flexibility index (Phi) is 4.59. The van der Waals surface area contributed by atoms with E-state index in [0.717, 1.165) is 5.69 Å². The zero-order valence-corrected chi connectivity index (χ0v) is 18.6. The highest BCUT2D eigenvalue weighted by Gasteiger charge is 2.46. The van der Waals surface area contributed by atoms with Crippen molar-refractivity contribution in [2.24, 2.45) is 0 Å². The minimum Gasteiger partial charge on any atom is -0.388 e. The lowest BCUT2D eigenvalue weighted by atomic mass is 9.67. The molecule has 31 heavy (non-hydrogen) atoms. The van der Waals surface area contributed by atoms with E-state index in [1.807, 2.05) is 14.1 Å². The van der Waals surface area contributed by atoms with Crippen LogP contribution in [0.1, 0.15) is 33.4 Å². The zero-order chi connectivity index (χ0) is 21.6. The van der Waals surface area contributed by atoms with Gasteiger partial charge in [0, 0.05) is 25.5 Å². The Balaban J connectivity index is 1.92. The van der Waals surface area contributed by atoms with Crippen LogP contribution in [0.3, 0.4) is 0 Å². The predicted molar refractivity (Wildman–Crippen MR) is 132 cm³/mol. The molecule has 2 heteroatoms. The Bertz CT molecular complexity index is 1200. The Hall–Kier alpha value is -3.52. The maximum absolute atomic E-state index is 3.38. The fourth-order valence-corrected chi connectivity index (χ4v) is 5.48. The molecule has 4 aromatic carbocycles. The molecule has 0 saturated heterocycles. The summed E-state index contributed by atoms with van der Waals surface area (Å²) in [5.41, 5.74) is 12.5. The normalized spacial score (nSPS) is 13.4. The van der Waals surface area contributed by atoms with Crippen molar-refractivity contribution in [2.75, 3.05) is 24.7 Å². The number of hydrogen-bond acceptors (Lipinski definition) is 2. The van der Waals surface area contributed by atoms with E-state index in [9.17, 15) is 0 Å². The highest BCUT2D eigenvalue weighted by atomic mass is 14.8. The summed E-state index contributed by atoms with van der Waals surface area (Å²) in [4.78, 5) is 0. The van der Waals surface area contributed by atoms with Gasteiger partial charge >= 0.3 is 0 Å². The topological polar surface area (TPSA) is 24.1 Å². The van der Waals surface area contributed by atoms with Gasteiger partial charge in [-0.1, -0.05) is 72.8 Å². The smallest absolute Gasteiger partial charge is 0.0713 e. The SMILES string of the molecule is CNc1ccc(C2(c3cc(C)c(NC)c(C)c3)c3ccccc3-c3ccccc32)cc1. The predicted octanol–water partition coefficient (Wildman–Crippen LogP) is 6.75. The molecule has 0 heterocycles. The van der Waals surface area contributed by atoms with E-state index in [4.69, 9.17) is 0 Å². The minimum absolute atomic E-state index is 0.346. The Labute approximate surface area is 185 Å². The minimum atomic E-state index is -0.346. The molecule has 4 aromatic rings. The van der Waals surface area contributed by atoms with Crippen LogP contribution in [0.4, 0.5) is 11.4 Å². The van der Waals surface area contributed by atoms with Gasteiger partial charge in [-0.3, -0.25) is 0 Å². The number of aryl methyl sites for hydroxylation is 2. The van der Waals surface area contributed by atoms with Gasteiger partial charge in [0.15, 0.2) is 0 Å². The van der Waals surface area contributed by atoms with Crippen molar-refractivity contribution >= 4 is 11.4 Å². The van der Waals surface area contributed by atoms with Gasteiger partial charge in [-0.15, -0.1) is 0 Å².